The standard InChI is InChI=1S/C15H23N3O2/c1-11-6-7-17(10-14(11)8-16)9-13-4-3-5-15(12(13)2)18(19)20/h3-5,11,14H,6-10,16H2,1-2H3. The third-order valence-corrected chi connectivity index (χ3v) is 4.51. The number of piperidine rings is 1. The molecule has 1 heterocycles. The van der Waals surface area contributed by atoms with E-state index in [1.165, 1.54) is 0 Å². The summed E-state index contributed by atoms with van der Waals surface area (Å²) in [6.07, 6.45) is 1.15. The van der Waals surface area contributed by atoms with Gasteiger partial charge in [0.1, 0.15) is 0 Å². The average Bonchev–Trinajstić information content (AvgIpc) is 2.42. The van der Waals surface area contributed by atoms with Crippen molar-refractivity contribution >= 4 is 5.69 Å². The van der Waals surface area contributed by atoms with Crippen molar-refractivity contribution in [1.29, 1.82) is 0 Å². The van der Waals surface area contributed by atoms with E-state index in [9.17, 15) is 10.1 Å². The van der Waals surface area contributed by atoms with Gasteiger partial charge >= 0.3 is 0 Å². The van der Waals surface area contributed by atoms with E-state index in [0.29, 0.717) is 18.4 Å². The summed E-state index contributed by atoms with van der Waals surface area (Å²) in [4.78, 5) is 13.0. The topological polar surface area (TPSA) is 72.4 Å². The number of nitro groups is 1. The van der Waals surface area contributed by atoms with Gasteiger partial charge in [0.2, 0.25) is 0 Å². The second-order valence-corrected chi connectivity index (χ2v) is 5.82. The molecule has 0 amide bonds. The summed E-state index contributed by atoms with van der Waals surface area (Å²) in [6, 6.07) is 5.32. The van der Waals surface area contributed by atoms with Crippen LogP contribution in [-0.4, -0.2) is 29.5 Å². The van der Waals surface area contributed by atoms with Crippen LogP contribution in [0, 0.1) is 28.9 Å². The van der Waals surface area contributed by atoms with Crippen LogP contribution in [0.2, 0.25) is 0 Å². The Morgan fingerprint density at radius 1 is 1.50 bits per heavy atom. The number of nitrogens with zero attached hydrogens (tertiary/aromatic N) is 2. The third-order valence-electron chi connectivity index (χ3n) is 4.51. The Hall–Kier alpha value is -1.46. The largest absolute Gasteiger partial charge is 0.330 e. The van der Waals surface area contributed by atoms with Crippen molar-refractivity contribution in [2.45, 2.75) is 26.8 Å². The lowest BCUT2D eigenvalue weighted by molar-refractivity contribution is -0.385. The average molecular weight is 277 g/mol. The Morgan fingerprint density at radius 3 is 2.90 bits per heavy atom. The lowest BCUT2D eigenvalue weighted by atomic mass is 9.87. The number of nitrogens with two attached hydrogens (primary N) is 1. The Kier molecular flexibility index (Phi) is 4.73. The predicted molar refractivity (Wildman–Crippen MR) is 79.4 cm³/mol. The summed E-state index contributed by atoms with van der Waals surface area (Å²) in [5.41, 5.74) is 7.86. The van der Waals surface area contributed by atoms with Crippen LogP contribution in [0.5, 0.6) is 0 Å². The minimum Gasteiger partial charge on any atom is -0.330 e. The predicted octanol–water partition coefficient (Wildman–Crippen LogP) is 2.32. The van der Waals surface area contributed by atoms with Crippen molar-refractivity contribution in [2.24, 2.45) is 17.6 Å². The maximum atomic E-state index is 11.0. The number of rotatable bonds is 4. The van der Waals surface area contributed by atoms with Gasteiger partial charge in [-0.25, -0.2) is 0 Å². The second kappa shape index (κ2) is 6.33. The van der Waals surface area contributed by atoms with E-state index in [4.69, 9.17) is 5.73 Å². The lowest BCUT2D eigenvalue weighted by Crippen LogP contribution is -2.42. The molecule has 0 aromatic heterocycles. The minimum atomic E-state index is -0.306. The first kappa shape index (κ1) is 14.9. The van der Waals surface area contributed by atoms with E-state index in [1.54, 1.807) is 12.1 Å². The molecule has 1 saturated heterocycles. The highest BCUT2D eigenvalue weighted by atomic mass is 16.6. The molecule has 1 aromatic rings. The molecule has 0 spiro atoms. The van der Waals surface area contributed by atoms with Gasteiger partial charge in [-0.3, -0.25) is 15.0 Å². The third kappa shape index (κ3) is 3.16. The second-order valence-electron chi connectivity index (χ2n) is 5.82. The number of benzene rings is 1. The molecular formula is C15H23N3O2. The molecule has 2 rings (SSSR count). The summed E-state index contributed by atoms with van der Waals surface area (Å²) in [7, 11) is 0. The summed E-state index contributed by atoms with van der Waals surface area (Å²) in [6.45, 7) is 7.61. The van der Waals surface area contributed by atoms with Crippen LogP contribution in [-0.2, 0) is 6.54 Å². The Balaban J connectivity index is 2.11. The van der Waals surface area contributed by atoms with Crippen molar-refractivity contribution in [1.82, 2.24) is 4.90 Å². The number of likely N-dealkylation sites (tertiary alicyclic amines) is 1. The Labute approximate surface area is 119 Å². The highest BCUT2D eigenvalue weighted by Crippen LogP contribution is 2.26. The Morgan fingerprint density at radius 2 is 2.25 bits per heavy atom. The highest BCUT2D eigenvalue weighted by molar-refractivity contribution is 5.44. The monoisotopic (exact) mass is 277 g/mol. The highest BCUT2D eigenvalue weighted by Gasteiger charge is 2.25. The van der Waals surface area contributed by atoms with E-state index in [0.717, 1.165) is 37.2 Å². The van der Waals surface area contributed by atoms with E-state index in [-0.39, 0.29) is 10.6 Å². The van der Waals surface area contributed by atoms with Gasteiger partial charge in [0.15, 0.2) is 0 Å². The molecule has 1 aromatic carbocycles. The summed E-state index contributed by atoms with van der Waals surface area (Å²) >= 11 is 0. The quantitative estimate of drug-likeness (QED) is 0.677. The van der Waals surface area contributed by atoms with Crippen LogP contribution >= 0.6 is 0 Å². The van der Waals surface area contributed by atoms with Gasteiger partial charge < -0.3 is 5.73 Å². The molecule has 0 radical (unpaired) electrons. The molecular weight excluding hydrogens is 254 g/mol. The van der Waals surface area contributed by atoms with Crippen molar-refractivity contribution in [2.75, 3.05) is 19.6 Å². The molecule has 2 unspecified atom stereocenters. The smallest absolute Gasteiger partial charge is 0.272 e. The van der Waals surface area contributed by atoms with E-state index in [2.05, 4.69) is 11.8 Å². The number of hydrogen-bond donors (Lipinski definition) is 1. The van der Waals surface area contributed by atoms with Crippen molar-refractivity contribution in [3.05, 3.63) is 39.4 Å². The van der Waals surface area contributed by atoms with Crippen LogP contribution in [0.15, 0.2) is 18.2 Å². The fourth-order valence-electron chi connectivity index (χ4n) is 2.96. The molecule has 2 atom stereocenters. The van der Waals surface area contributed by atoms with Gasteiger partial charge in [0, 0.05) is 24.7 Å². The van der Waals surface area contributed by atoms with Crippen LogP contribution < -0.4 is 5.73 Å². The molecule has 0 saturated carbocycles. The van der Waals surface area contributed by atoms with E-state index in [1.807, 2.05) is 13.0 Å². The molecule has 5 heteroatoms. The van der Waals surface area contributed by atoms with Crippen molar-refractivity contribution in [3.8, 4) is 0 Å². The number of hydrogen-bond acceptors (Lipinski definition) is 4. The molecule has 20 heavy (non-hydrogen) atoms. The zero-order valence-corrected chi connectivity index (χ0v) is 12.2. The van der Waals surface area contributed by atoms with Crippen molar-refractivity contribution in [3.63, 3.8) is 0 Å². The maximum absolute atomic E-state index is 11.0. The molecule has 0 bridgehead atoms. The summed E-state index contributed by atoms with van der Waals surface area (Å²) in [5.74, 6) is 1.20. The molecule has 0 aliphatic carbocycles. The first-order chi connectivity index (χ1) is 9.52. The fourth-order valence-corrected chi connectivity index (χ4v) is 2.96. The van der Waals surface area contributed by atoms with Crippen molar-refractivity contribution < 1.29 is 4.92 Å². The number of nitro benzene ring substituents is 1. The van der Waals surface area contributed by atoms with E-state index < -0.39 is 0 Å². The molecule has 1 aliphatic rings. The zero-order valence-electron chi connectivity index (χ0n) is 12.2. The molecule has 110 valence electrons. The van der Waals surface area contributed by atoms with Gasteiger partial charge in [-0.15, -0.1) is 0 Å². The van der Waals surface area contributed by atoms with Crippen LogP contribution in [0.25, 0.3) is 0 Å². The van der Waals surface area contributed by atoms with Crippen LogP contribution in [0.4, 0.5) is 5.69 Å². The van der Waals surface area contributed by atoms with Gasteiger partial charge in [-0.05, 0) is 43.8 Å². The molecule has 1 fully saturated rings. The van der Waals surface area contributed by atoms with E-state index >= 15 is 0 Å². The lowest BCUT2D eigenvalue weighted by Gasteiger charge is -2.36. The van der Waals surface area contributed by atoms with Crippen LogP contribution in [0.1, 0.15) is 24.5 Å². The normalized spacial score (nSPS) is 23.8. The molecule has 5 nitrogen and oxygen atoms in total. The zero-order chi connectivity index (χ0) is 14.7. The molecule has 1 aliphatic heterocycles. The van der Waals surface area contributed by atoms with Gasteiger partial charge in [-0.2, -0.15) is 0 Å². The Bertz CT molecular complexity index is 490. The summed E-state index contributed by atoms with van der Waals surface area (Å²) in [5, 5.41) is 11.0. The van der Waals surface area contributed by atoms with Crippen LogP contribution in [0.3, 0.4) is 0 Å². The van der Waals surface area contributed by atoms with Gasteiger partial charge in [0.25, 0.3) is 5.69 Å². The molecule has 2 N–H and O–H groups in total. The SMILES string of the molecule is Cc1c(CN2CCC(C)C(CN)C2)cccc1[N+](=O)[O-]. The minimum absolute atomic E-state index is 0.211. The first-order valence-corrected chi connectivity index (χ1v) is 7.18. The first-order valence-electron chi connectivity index (χ1n) is 7.18. The maximum Gasteiger partial charge on any atom is 0.272 e. The van der Waals surface area contributed by atoms with Gasteiger partial charge in [-0.1, -0.05) is 19.1 Å². The summed E-state index contributed by atoms with van der Waals surface area (Å²) < 4.78 is 0. The fraction of sp³-hybridized carbons (Fsp3) is 0.600. The van der Waals surface area contributed by atoms with Gasteiger partial charge in [0.05, 0.1) is 4.92 Å².